The molecule has 0 bridgehead atoms. The van der Waals surface area contributed by atoms with Gasteiger partial charge >= 0.3 is 5.97 Å². The molecule has 0 aliphatic carbocycles. The SMILES string of the molecule is CCCC(=O)NCC=CCCCCCCCCCCCCC(=O)OC. The van der Waals surface area contributed by atoms with Gasteiger partial charge in [-0.1, -0.05) is 70.4 Å². The highest BCUT2D eigenvalue weighted by molar-refractivity contribution is 5.75. The van der Waals surface area contributed by atoms with Crippen molar-refractivity contribution in [1.82, 2.24) is 5.32 Å². The van der Waals surface area contributed by atoms with Crippen LogP contribution in [0.15, 0.2) is 12.2 Å². The minimum absolute atomic E-state index is 0.0870. The lowest BCUT2D eigenvalue weighted by molar-refractivity contribution is -0.140. The highest BCUT2D eigenvalue weighted by atomic mass is 16.5. The normalized spacial score (nSPS) is 11.0. The summed E-state index contributed by atoms with van der Waals surface area (Å²) in [7, 11) is 1.45. The Labute approximate surface area is 154 Å². The van der Waals surface area contributed by atoms with Crippen LogP contribution in [0.1, 0.15) is 96.8 Å². The number of amides is 1. The molecule has 4 nitrogen and oxygen atoms in total. The van der Waals surface area contributed by atoms with E-state index < -0.39 is 0 Å². The Morgan fingerprint density at radius 1 is 0.800 bits per heavy atom. The third kappa shape index (κ3) is 18.9. The fraction of sp³-hybridized carbons (Fsp3) is 0.810. The molecule has 0 radical (unpaired) electrons. The Morgan fingerprint density at radius 2 is 1.36 bits per heavy atom. The molecule has 0 fully saturated rings. The molecule has 0 aromatic heterocycles. The Kier molecular flexibility index (Phi) is 18.0. The Balaban J connectivity index is 3.16. The van der Waals surface area contributed by atoms with Crippen molar-refractivity contribution < 1.29 is 14.3 Å². The fourth-order valence-corrected chi connectivity index (χ4v) is 2.74. The number of ether oxygens (including phenoxy) is 1. The summed E-state index contributed by atoms with van der Waals surface area (Å²) in [5.74, 6) is 0.0618. The maximum atomic E-state index is 11.3. The van der Waals surface area contributed by atoms with Crippen LogP contribution in [-0.4, -0.2) is 25.5 Å². The summed E-state index contributed by atoms with van der Waals surface area (Å²) in [6.07, 6.45) is 19.9. The second kappa shape index (κ2) is 19.0. The Morgan fingerprint density at radius 3 is 1.92 bits per heavy atom. The van der Waals surface area contributed by atoms with Gasteiger partial charge in [0.25, 0.3) is 0 Å². The van der Waals surface area contributed by atoms with Gasteiger partial charge in [0.05, 0.1) is 7.11 Å². The number of nitrogens with one attached hydrogen (secondary N) is 1. The number of methoxy groups -OCH3 is 1. The van der Waals surface area contributed by atoms with E-state index in [1.807, 2.05) is 6.92 Å². The molecule has 0 unspecified atom stereocenters. The highest BCUT2D eigenvalue weighted by Crippen LogP contribution is 2.12. The van der Waals surface area contributed by atoms with Gasteiger partial charge in [0, 0.05) is 19.4 Å². The van der Waals surface area contributed by atoms with E-state index in [9.17, 15) is 9.59 Å². The van der Waals surface area contributed by atoms with Crippen LogP contribution >= 0.6 is 0 Å². The monoisotopic (exact) mass is 353 g/mol. The summed E-state index contributed by atoms with van der Waals surface area (Å²) in [5.41, 5.74) is 0. The number of hydrogen-bond donors (Lipinski definition) is 1. The van der Waals surface area contributed by atoms with E-state index in [1.165, 1.54) is 58.5 Å². The molecule has 0 aliphatic heterocycles. The lowest BCUT2D eigenvalue weighted by Gasteiger charge is -2.02. The van der Waals surface area contributed by atoms with E-state index in [4.69, 9.17) is 0 Å². The van der Waals surface area contributed by atoms with E-state index in [0.717, 1.165) is 25.7 Å². The van der Waals surface area contributed by atoms with Gasteiger partial charge in [-0.2, -0.15) is 0 Å². The van der Waals surface area contributed by atoms with E-state index in [0.29, 0.717) is 19.4 Å². The van der Waals surface area contributed by atoms with Crippen LogP contribution in [0.4, 0.5) is 0 Å². The first-order valence-corrected chi connectivity index (χ1v) is 10.2. The second-order valence-electron chi connectivity index (χ2n) is 6.68. The van der Waals surface area contributed by atoms with Crippen LogP contribution in [0.3, 0.4) is 0 Å². The number of carbonyl (C=O) groups excluding carboxylic acids is 2. The van der Waals surface area contributed by atoms with Crippen LogP contribution in [0.2, 0.25) is 0 Å². The van der Waals surface area contributed by atoms with E-state index in [2.05, 4.69) is 22.2 Å². The van der Waals surface area contributed by atoms with Crippen molar-refractivity contribution in [3.63, 3.8) is 0 Å². The molecule has 0 rings (SSSR count). The molecule has 0 heterocycles. The molecule has 0 aliphatic rings. The van der Waals surface area contributed by atoms with Gasteiger partial charge in [-0.25, -0.2) is 0 Å². The summed E-state index contributed by atoms with van der Waals surface area (Å²) in [5, 5.41) is 2.89. The lowest BCUT2D eigenvalue weighted by Crippen LogP contribution is -2.22. The van der Waals surface area contributed by atoms with Gasteiger partial charge in [0.15, 0.2) is 0 Å². The first kappa shape index (κ1) is 23.7. The Bertz CT molecular complexity index is 353. The summed E-state index contributed by atoms with van der Waals surface area (Å²) in [6, 6.07) is 0. The number of rotatable bonds is 17. The maximum absolute atomic E-state index is 11.3. The molecule has 0 saturated heterocycles. The third-order valence-corrected chi connectivity index (χ3v) is 4.29. The maximum Gasteiger partial charge on any atom is 0.305 e. The van der Waals surface area contributed by atoms with Gasteiger partial charge in [-0.05, 0) is 25.7 Å². The minimum Gasteiger partial charge on any atom is -0.469 e. The van der Waals surface area contributed by atoms with Gasteiger partial charge in [0.1, 0.15) is 0 Å². The summed E-state index contributed by atoms with van der Waals surface area (Å²) in [6.45, 7) is 2.68. The van der Waals surface area contributed by atoms with Gasteiger partial charge < -0.3 is 10.1 Å². The largest absolute Gasteiger partial charge is 0.469 e. The molecule has 0 aromatic carbocycles. The number of carbonyl (C=O) groups is 2. The van der Waals surface area contributed by atoms with Crippen molar-refractivity contribution in [2.45, 2.75) is 96.8 Å². The van der Waals surface area contributed by atoms with Crippen LogP contribution in [0, 0.1) is 0 Å². The van der Waals surface area contributed by atoms with Crippen LogP contribution in [-0.2, 0) is 14.3 Å². The zero-order chi connectivity index (χ0) is 18.6. The number of unbranched alkanes of at least 4 members (excludes halogenated alkanes) is 10. The summed E-state index contributed by atoms with van der Waals surface area (Å²) < 4.78 is 4.63. The smallest absolute Gasteiger partial charge is 0.305 e. The molecular formula is C21H39NO3. The Hall–Kier alpha value is -1.32. The van der Waals surface area contributed by atoms with Crippen molar-refractivity contribution in [1.29, 1.82) is 0 Å². The van der Waals surface area contributed by atoms with Crippen molar-refractivity contribution in [2.75, 3.05) is 13.7 Å². The second-order valence-corrected chi connectivity index (χ2v) is 6.68. The van der Waals surface area contributed by atoms with E-state index >= 15 is 0 Å². The molecule has 0 atom stereocenters. The first-order chi connectivity index (χ1) is 12.2. The van der Waals surface area contributed by atoms with Gasteiger partial charge in [-0.3, -0.25) is 9.59 Å². The molecule has 0 aromatic rings. The number of esters is 1. The molecule has 0 saturated carbocycles. The quantitative estimate of drug-likeness (QED) is 0.219. The van der Waals surface area contributed by atoms with Crippen LogP contribution in [0.5, 0.6) is 0 Å². The van der Waals surface area contributed by atoms with Crippen molar-refractivity contribution in [3.8, 4) is 0 Å². The lowest BCUT2D eigenvalue weighted by atomic mass is 10.1. The highest BCUT2D eigenvalue weighted by Gasteiger charge is 1.99. The number of allylic oxidation sites excluding steroid dienone is 1. The minimum atomic E-state index is -0.0870. The molecule has 25 heavy (non-hydrogen) atoms. The predicted molar refractivity (Wildman–Crippen MR) is 104 cm³/mol. The molecular weight excluding hydrogens is 314 g/mol. The zero-order valence-corrected chi connectivity index (χ0v) is 16.5. The van der Waals surface area contributed by atoms with Crippen molar-refractivity contribution in [2.24, 2.45) is 0 Å². The topological polar surface area (TPSA) is 55.4 Å². The van der Waals surface area contributed by atoms with Gasteiger partial charge in [-0.15, -0.1) is 0 Å². The van der Waals surface area contributed by atoms with Crippen LogP contribution in [0.25, 0.3) is 0 Å². The molecule has 0 spiro atoms. The fourth-order valence-electron chi connectivity index (χ4n) is 2.74. The van der Waals surface area contributed by atoms with E-state index in [-0.39, 0.29) is 11.9 Å². The first-order valence-electron chi connectivity index (χ1n) is 10.2. The third-order valence-electron chi connectivity index (χ3n) is 4.29. The predicted octanol–water partition coefficient (Wildman–Crippen LogP) is 5.31. The summed E-state index contributed by atoms with van der Waals surface area (Å²) >= 11 is 0. The number of hydrogen-bond acceptors (Lipinski definition) is 3. The molecule has 146 valence electrons. The zero-order valence-electron chi connectivity index (χ0n) is 16.5. The molecule has 4 heteroatoms. The average molecular weight is 354 g/mol. The molecule has 1 amide bonds. The van der Waals surface area contributed by atoms with Crippen molar-refractivity contribution >= 4 is 11.9 Å². The van der Waals surface area contributed by atoms with E-state index in [1.54, 1.807) is 0 Å². The van der Waals surface area contributed by atoms with Crippen LogP contribution < -0.4 is 5.32 Å². The standard InChI is InChI=1S/C21H39NO3/c1-3-17-20(23)22-19-16-14-12-10-8-6-4-5-7-9-11-13-15-18-21(24)25-2/h14,16H,3-13,15,17-19H2,1-2H3,(H,22,23). The molecule has 1 N–H and O–H groups in total. The summed E-state index contributed by atoms with van der Waals surface area (Å²) in [4.78, 5) is 22.2. The average Bonchev–Trinajstić information content (AvgIpc) is 2.61. The van der Waals surface area contributed by atoms with Gasteiger partial charge in [0.2, 0.25) is 5.91 Å². The van der Waals surface area contributed by atoms with Crippen molar-refractivity contribution in [3.05, 3.63) is 12.2 Å².